The lowest BCUT2D eigenvalue weighted by Crippen LogP contribution is -2.48. The normalized spacial score (nSPS) is 24.1. The number of alkyl halides is 1. The second-order valence-corrected chi connectivity index (χ2v) is 8.94. The van der Waals surface area contributed by atoms with Crippen LogP contribution < -0.4 is 0 Å². The Morgan fingerprint density at radius 2 is 1.97 bits per heavy atom. The van der Waals surface area contributed by atoms with Crippen LogP contribution in [-0.2, 0) is 33.8 Å². The van der Waals surface area contributed by atoms with E-state index in [1.54, 1.807) is 32.6 Å². The van der Waals surface area contributed by atoms with Crippen molar-refractivity contribution in [1.29, 1.82) is 0 Å². The summed E-state index contributed by atoms with van der Waals surface area (Å²) in [6, 6.07) is -0.209. The lowest BCUT2D eigenvalue weighted by atomic mass is 9.99. The molecule has 9 nitrogen and oxygen atoms in total. The number of hydrogen-bond acceptors (Lipinski definition) is 6. The molecule has 0 radical (unpaired) electrons. The summed E-state index contributed by atoms with van der Waals surface area (Å²) in [6.45, 7) is 8.11. The molecule has 30 heavy (non-hydrogen) atoms. The van der Waals surface area contributed by atoms with Crippen molar-refractivity contribution in [2.45, 2.75) is 71.4 Å². The van der Waals surface area contributed by atoms with Crippen LogP contribution in [-0.4, -0.2) is 75.1 Å². The van der Waals surface area contributed by atoms with Crippen LogP contribution in [0.15, 0.2) is 0 Å². The monoisotopic (exact) mass is 424 g/mol. The summed E-state index contributed by atoms with van der Waals surface area (Å²) in [5, 5.41) is 4.44. The van der Waals surface area contributed by atoms with Crippen LogP contribution in [0.2, 0.25) is 0 Å². The second kappa shape index (κ2) is 7.55. The highest BCUT2D eigenvalue weighted by Crippen LogP contribution is 2.32. The van der Waals surface area contributed by atoms with Gasteiger partial charge in [-0.3, -0.25) is 9.48 Å². The molecular weight excluding hydrogens is 395 g/mol. The lowest BCUT2D eigenvalue weighted by molar-refractivity contribution is -0.159. The molecule has 0 aliphatic carbocycles. The fourth-order valence-electron chi connectivity index (χ4n) is 3.82. The Labute approximate surface area is 175 Å². The third-order valence-corrected chi connectivity index (χ3v) is 5.19. The number of esters is 1. The molecule has 0 aromatic carbocycles. The van der Waals surface area contributed by atoms with Crippen LogP contribution in [0.3, 0.4) is 0 Å². The minimum atomic E-state index is -2.41. The maximum Gasteiger partial charge on any atom is 0.410 e. The molecule has 2 aliphatic heterocycles. The first-order chi connectivity index (χ1) is 13.9. The van der Waals surface area contributed by atoms with Gasteiger partial charge in [0.1, 0.15) is 11.3 Å². The first-order valence-corrected chi connectivity index (χ1v) is 10.1. The highest BCUT2D eigenvalue weighted by molar-refractivity contribution is 5.95. The molecule has 2 atom stereocenters. The minimum Gasteiger partial charge on any atom is -0.464 e. The average molecular weight is 424 g/mol. The van der Waals surface area contributed by atoms with Crippen molar-refractivity contribution >= 4 is 18.0 Å². The number of fused-ring (bicyclic) bond motifs is 3. The number of ether oxygens (including phenoxy) is 2. The molecular formula is C20H29FN4O5. The fraction of sp³-hybridized carbons (Fsp3) is 0.700. The van der Waals surface area contributed by atoms with Crippen molar-refractivity contribution < 1.29 is 28.2 Å². The maximum absolute atomic E-state index is 15.5. The van der Waals surface area contributed by atoms with E-state index >= 15 is 4.39 Å². The Morgan fingerprint density at radius 3 is 2.57 bits per heavy atom. The number of amides is 2. The topological polar surface area (TPSA) is 94.0 Å². The molecule has 3 rings (SSSR count). The van der Waals surface area contributed by atoms with Crippen molar-refractivity contribution in [2.24, 2.45) is 0 Å². The molecule has 0 bridgehead atoms. The Bertz CT molecular complexity index is 877. The van der Waals surface area contributed by atoms with Crippen molar-refractivity contribution in [3.63, 3.8) is 0 Å². The summed E-state index contributed by atoms with van der Waals surface area (Å²) in [5.41, 5.74) is -1.69. The largest absolute Gasteiger partial charge is 0.464 e. The van der Waals surface area contributed by atoms with E-state index in [4.69, 9.17) is 9.47 Å². The number of hydrogen-bond donors (Lipinski definition) is 0. The van der Waals surface area contributed by atoms with Crippen molar-refractivity contribution in [3.05, 3.63) is 17.0 Å². The van der Waals surface area contributed by atoms with E-state index in [0.29, 0.717) is 17.7 Å². The number of rotatable bonds is 2. The van der Waals surface area contributed by atoms with E-state index in [9.17, 15) is 14.4 Å². The van der Waals surface area contributed by atoms with Gasteiger partial charge in [-0.2, -0.15) is 5.10 Å². The van der Waals surface area contributed by atoms with E-state index in [-0.39, 0.29) is 24.9 Å². The van der Waals surface area contributed by atoms with Crippen LogP contribution in [0.25, 0.3) is 0 Å². The Hall–Kier alpha value is -2.65. The van der Waals surface area contributed by atoms with Gasteiger partial charge in [0.15, 0.2) is 0 Å². The summed E-state index contributed by atoms with van der Waals surface area (Å²) < 4.78 is 27.2. The third-order valence-electron chi connectivity index (χ3n) is 5.19. The van der Waals surface area contributed by atoms with Gasteiger partial charge in [-0.1, -0.05) is 0 Å². The van der Waals surface area contributed by atoms with Gasteiger partial charge >= 0.3 is 12.1 Å². The van der Waals surface area contributed by atoms with Crippen LogP contribution >= 0.6 is 0 Å². The Balaban J connectivity index is 1.98. The number of aromatic nitrogens is 2. The predicted octanol–water partition coefficient (Wildman–Crippen LogP) is 1.92. The number of halogens is 1. The molecule has 0 N–H and O–H groups in total. The van der Waals surface area contributed by atoms with Gasteiger partial charge in [0.05, 0.1) is 31.9 Å². The maximum atomic E-state index is 15.5. The molecule has 1 aromatic rings. The smallest absolute Gasteiger partial charge is 0.410 e. The van der Waals surface area contributed by atoms with Gasteiger partial charge in [-0.25, -0.2) is 14.0 Å². The number of carbonyl (C=O) groups is 3. The van der Waals surface area contributed by atoms with E-state index in [2.05, 4.69) is 5.10 Å². The van der Waals surface area contributed by atoms with E-state index in [1.807, 2.05) is 6.92 Å². The van der Waals surface area contributed by atoms with E-state index in [0.717, 1.165) is 4.90 Å². The zero-order valence-corrected chi connectivity index (χ0v) is 18.3. The van der Waals surface area contributed by atoms with E-state index < -0.39 is 42.3 Å². The van der Waals surface area contributed by atoms with Crippen molar-refractivity contribution in [1.82, 2.24) is 19.6 Å². The van der Waals surface area contributed by atoms with Gasteiger partial charge in [-0.05, 0) is 34.6 Å². The summed E-state index contributed by atoms with van der Waals surface area (Å²) in [4.78, 5) is 40.7. The molecule has 0 saturated heterocycles. The lowest BCUT2D eigenvalue weighted by Gasteiger charge is -2.34. The first kappa shape index (κ1) is 22.0. The van der Waals surface area contributed by atoms with E-state index in [1.165, 1.54) is 11.7 Å². The molecule has 1 unspecified atom stereocenters. The SMILES string of the molecule is CCOC(=O)C1(F)CN(C)C(=O)c2c3c(nn2C1)C[C@@H](C)N(C(=O)OC(C)(C)C)C3. The Kier molecular flexibility index (Phi) is 5.55. The molecule has 0 spiro atoms. The molecule has 166 valence electrons. The van der Waals surface area contributed by atoms with Crippen LogP contribution in [0.4, 0.5) is 9.18 Å². The second-order valence-electron chi connectivity index (χ2n) is 8.94. The van der Waals surface area contributed by atoms with Gasteiger partial charge in [0.25, 0.3) is 5.91 Å². The molecule has 2 amide bonds. The standard InChI is InChI=1S/C20H29FN4O5/c1-7-29-17(27)20(21)10-23(6)16(26)15-13-9-24(18(28)30-19(3,4)5)12(2)8-14(13)22-25(15)11-20/h12H,7-11H2,1-6H3/t12-,20?/m1/s1. The summed E-state index contributed by atoms with van der Waals surface area (Å²) in [7, 11) is 1.43. The number of carbonyl (C=O) groups excluding carboxylic acids is 3. The molecule has 1 aromatic heterocycles. The van der Waals surface area contributed by atoms with Crippen LogP contribution in [0, 0.1) is 0 Å². The highest BCUT2D eigenvalue weighted by atomic mass is 19.1. The molecule has 2 aliphatic rings. The highest BCUT2D eigenvalue weighted by Gasteiger charge is 2.48. The Morgan fingerprint density at radius 1 is 1.30 bits per heavy atom. The van der Waals surface area contributed by atoms with Crippen LogP contribution in [0.1, 0.15) is 56.4 Å². The molecule has 0 fully saturated rings. The van der Waals surface area contributed by atoms with Crippen molar-refractivity contribution in [3.8, 4) is 0 Å². The average Bonchev–Trinajstić information content (AvgIpc) is 2.90. The predicted molar refractivity (Wildman–Crippen MR) is 105 cm³/mol. The molecule has 0 saturated carbocycles. The van der Waals surface area contributed by atoms with Gasteiger partial charge < -0.3 is 19.3 Å². The molecule has 10 heteroatoms. The fourth-order valence-corrected chi connectivity index (χ4v) is 3.82. The zero-order chi connectivity index (χ0) is 22.4. The van der Waals surface area contributed by atoms with Crippen molar-refractivity contribution in [2.75, 3.05) is 20.2 Å². The van der Waals surface area contributed by atoms with Gasteiger partial charge in [-0.15, -0.1) is 0 Å². The quantitative estimate of drug-likeness (QED) is 0.674. The van der Waals surface area contributed by atoms with Crippen LogP contribution in [0.5, 0.6) is 0 Å². The summed E-state index contributed by atoms with van der Waals surface area (Å²) in [6.07, 6.45) is -0.0917. The minimum absolute atomic E-state index is 0.0347. The summed E-state index contributed by atoms with van der Waals surface area (Å²) in [5.74, 6) is -1.47. The summed E-state index contributed by atoms with van der Waals surface area (Å²) >= 11 is 0. The number of nitrogens with zero attached hydrogens (tertiary/aromatic N) is 4. The molecule has 3 heterocycles. The zero-order valence-electron chi connectivity index (χ0n) is 18.3. The van der Waals surface area contributed by atoms with Gasteiger partial charge in [0, 0.05) is 25.1 Å². The third kappa shape index (κ3) is 3.99. The first-order valence-electron chi connectivity index (χ1n) is 10.1. The van der Waals surface area contributed by atoms with Gasteiger partial charge in [0.2, 0.25) is 5.67 Å².